The van der Waals surface area contributed by atoms with Crippen LogP contribution in [0.2, 0.25) is 5.15 Å². The van der Waals surface area contributed by atoms with E-state index < -0.39 is 5.41 Å². The number of halogens is 1. The van der Waals surface area contributed by atoms with Crippen LogP contribution in [0, 0.1) is 0 Å². The number of hydrogen-bond acceptors (Lipinski definition) is 4. The molecule has 98 valence electrons. The zero-order valence-corrected chi connectivity index (χ0v) is 11.1. The molecule has 0 unspecified atom stereocenters. The van der Waals surface area contributed by atoms with Crippen molar-refractivity contribution in [1.82, 2.24) is 9.97 Å². The molecule has 0 atom stereocenters. The average molecular weight is 278 g/mol. The molecule has 1 aromatic heterocycles. The molecule has 1 aliphatic rings. The number of carbonyl (C=O) groups excluding carboxylic acids is 1. The van der Waals surface area contributed by atoms with Crippen LogP contribution >= 0.6 is 11.6 Å². The molecule has 1 saturated carbocycles. The van der Waals surface area contributed by atoms with E-state index in [0.29, 0.717) is 21.8 Å². The molecular weight excluding hydrogens is 266 g/mol. The molecule has 1 fully saturated rings. The summed E-state index contributed by atoms with van der Waals surface area (Å²) in [4.78, 5) is 19.8. The number of methoxy groups -OCH3 is 1. The zero-order chi connectivity index (χ0) is 13.6. The van der Waals surface area contributed by atoms with Gasteiger partial charge in [-0.2, -0.15) is 0 Å². The van der Waals surface area contributed by atoms with Gasteiger partial charge in [0, 0.05) is 17.0 Å². The minimum atomic E-state index is -0.626. The highest BCUT2D eigenvalue weighted by atomic mass is 35.5. The Bertz CT molecular complexity index is 683. The Balaban J connectivity index is 2.29. The average Bonchev–Trinajstić information content (AvgIpc) is 3.19. The molecule has 1 aliphatic carbocycles. The van der Waals surface area contributed by atoms with E-state index in [1.54, 1.807) is 13.2 Å². The highest BCUT2D eigenvalue weighted by molar-refractivity contribution is 6.34. The lowest BCUT2D eigenvalue weighted by Gasteiger charge is -2.16. The van der Waals surface area contributed by atoms with E-state index in [9.17, 15) is 4.79 Å². The van der Waals surface area contributed by atoms with Crippen LogP contribution in [0.3, 0.4) is 0 Å². The third-order valence-electron chi connectivity index (χ3n) is 3.65. The summed E-state index contributed by atoms with van der Waals surface area (Å²) in [6.07, 6.45) is 2.86. The van der Waals surface area contributed by atoms with Crippen molar-refractivity contribution in [3.05, 3.63) is 29.2 Å². The van der Waals surface area contributed by atoms with Crippen molar-refractivity contribution in [2.45, 2.75) is 18.3 Å². The fourth-order valence-electron chi connectivity index (χ4n) is 2.37. The van der Waals surface area contributed by atoms with Crippen LogP contribution in [0.5, 0.6) is 5.75 Å². The second-order valence-electron chi connectivity index (χ2n) is 4.68. The smallest absolute Gasteiger partial charge is 0.228 e. The zero-order valence-electron chi connectivity index (χ0n) is 10.3. The fourth-order valence-corrected chi connectivity index (χ4v) is 2.56. The predicted molar refractivity (Wildman–Crippen MR) is 71.2 cm³/mol. The van der Waals surface area contributed by atoms with Gasteiger partial charge in [-0.15, -0.1) is 0 Å². The van der Waals surface area contributed by atoms with Gasteiger partial charge in [0.05, 0.1) is 18.0 Å². The first-order valence-electron chi connectivity index (χ1n) is 5.87. The van der Waals surface area contributed by atoms with Crippen LogP contribution < -0.4 is 10.5 Å². The van der Waals surface area contributed by atoms with Gasteiger partial charge in [0.2, 0.25) is 5.91 Å². The Morgan fingerprint density at radius 3 is 2.74 bits per heavy atom. The van der Waals surface area contributed by atoms with Gasteiger partial charge in [-0.1, -0.05) is 11.6 Å². The monoisotopic (exact) mass is 277 g/mol. The predicted octanol–water partition coefficient (Wildman–Crippen LogP) is 1.81. The van der Waals surface area contributed by atoms with E-state index >= 15 is 0 Å². The minimum Gasteiger partial charge on any atom is -0.496 e. The van der Waals surface area contributed by atoms with Gasteiger partial charge in [-0.25, -0.2) is 9.97 Å². The Labute approximate surface area is 114 Å². The van der Waals surface area contributed by atoms with Crippen LogP contribution in [0.15, 0.2) is 18.5 Å². The summed E-state index contributed by atoms with van der Waals surface area (Å²) < 4.78 is 5.36. The molecule has 2 aromatic rings. The van der Waals surface area contributed by atoms with Gasteiger partial charge in [-0.3, -0.25) is 4.79 Å². The van der Waals surface area contributed by atoms with Crippen LogP contribution in [0.25, 0.3) is 10.9 Å². The van der Waals surface area contributed by atoms with E-state index in [1.807, 2.05) is 6.07 Å². The second-order valence-corrected chi connectivity index (χ2v) is 5.04. The topological polar surface area (TPSA) is 78.1 Å². The summed E-state index contributed by atoms with van der Waals surface area (Å²) in [5, 5.41) is 1.06. The lowest BCUT2D eigenvalue weighted by molar-refractivity contribution is -0.120. The van der Waals surface area contributed by atoms with Crippen molar-refractivity contribution < 1.29 is 9.53 Å². The first-order valence-corrected chi connectivity index (χ1v) is 6.25. The van der Waals surface area contributed by atoms with Crippen LogP contribution in [-0.2, 0) is 10.2 Å². The maximum Gasteiger partial charge on any atom is 0.228 e. The fraction of sp³-hybridized carbons (Fsp3) is 0.308. The van der Waals surface area contributed by atoms with Crippen LogP contribution in [-0.4, -0.2) is 23.0 Å². The number of carbonyl (C=O) groups is 1. The summed E-state index contributed by atoms with van der Waals surface area (Å²) in [7, 11) is 1.56. The molecule has 2 N–H and O–H groups in total. The van der Waals surface area contributed by atoms with Crippen LogP contribution in [0.1, 0.15) is 18.4 Å². The minimum absolute atomic E-state index is 0.335. The van der Waals surface area contributed by atoms with Gasteiger partial charge in [-0.05, 0) is 18.9 Å². The second kappa shape index (κ2) is 4.06. The number of aromatic nitrogens is 2. The van der Waals surface area contributed by atoms with Gasteiger partial charge in [0.25, 0.3) is 0 Å². The highest BCUT2D eigenvalue weighted by Gasteiger charge is 2.51. The number of nitrogens with two attached hydrogens (primary N) is 1. The summed E-state index contributed by atoms with van der Waals surface area (Å²) in [6.45, 7) is 0. The number of benzene rings is 1. The summed E-state index contributed by atoms with van der Waals surface area (Å²) >= 11 is 6.07. The van der Waals surface area contributed by atoms with Gasteiger partial charge < -0.3 is 10.5 Å². The van der Waals surface area contributed by atoms with E-state index in [0.717, 1.165) is 18.4 Å². The third kappa shape index (κ3) is 1.73. The number of amides is 1. The molecule has 0 spiro atoms. The van der Waals surface area contributed by atoms with E-state index in [1.165, 1.54) is 6.33 Å². The third-order valence-corrected chi connectivity index (χ3v) is 3.95. The number of nitrogens with zero attached hydrogens (tertiary/aromatic N) is 2. The van der Waals surface area contributed by atoms with Crippen molar-refractivity contribution in [3.8, 4) is 5.75 Å². The Kier molecular flexibility index (Phi) is 2.60. The van der Waals surface area contributed by atoms with Crippen LogP contribution in [0.4, 0.5) is 0 Å². The number of fused-ring (bicyclic) bond motifs is 1. The number of hydrogen-bond donors (Lipinski definition) is 1. The molecule has 1 heterocycles. The summed E-state index contributed by atoms with van der Waals surface area (Å²) in [5.74, 6) is 0.275. The number of ether oxygens (including phenoxy) is 1. The van der Waals surface area contributed by atoms with Crippen molar-refractivity contribution in [2.75, 3.05) is 7.11 Å². The molecular formula is C13H12ClN3O2. The van der Waals surface area contributed by atoms with E-state index in [4.69, 9.17) is 22.1 Å². The van der Waals surface area contributed by atoms with Crippen molar-refractivity contribution >= 4 is 28.4 Å². The first-order chi connectivity index (χ1) is 9.08. The Morgan fingerprint density at radius 1 is 1.42 bits per heavy atom. The maximum absolute atomic E-state index is 11.7. The van der Waals surface area contributed by atoms with E-state index in [-0.39, 0.29) is 5.91 Å². The standard InChI is InChI=1S/C13H12ClN3O2/c1-19-10-5-9-7(11(14)17-6-16-9)4-8(10)13(2-3-13)12(15)18/h4-6H,2-3H2,1H3,(H2,15,18). The molecule has 0 radical (unpaired) electrons. The normalized spacial score (nSPS) is 16.3. The van der Waals surface area contributed by atoms with E-state index in [2.05, 4.69) is 9.97 Å². The Hall–Kier alpha value is -1.88. The molecule has 1 aromatic carbocycles. The largest absolute Gasteiger partial charge is 0.496 e. The lowest BCUT2D eigenvalue weighted by Crippen LogP contribution is -2.28. The molecule has 0 saturated heterocycles. The van der Waals surface area contributed by atoms with Gasteiger partial charge >= 0.3 is 0 Å². The number of rotatable bonds is 3. The SMILES string of the molecule is COc1cc2ncnc(Cl)c2cc1C1(C(N)=O)CC1. The molecule has 0 bridgehead atoms. The first kappa shape index (κ1) is 12.2. The quantitative estimate of drug-likeness (QED) is 0.868. The van der Waals surface area contributed by atoms with Crippen molar-refractivity contribution in [2.24, 2.45) is 5.73 Å². The molecule has 0 aliphatic heterocycles. The van der Waals surface area contributed by atoms with Gasteiger partial charge in [0.15, 0.2) is 0 Å². The lowest BCUT2D eigenvalue weighted by atomic mass is 9.93. The maximum atomic E-state index is 11.7. The molecule has 3 rings (SSSR count). The van der Waals surface area contributed by atoms with Crippen molar-refractivity contribution in [3.63, 3.8) is 0 Å². The summed E-state index contributed by atoms with van der Waals surface area (Å²) in [5.41, 5.74) is 6.34. The molecule has 5 nitrogen and oxygen atoms in total. The molecule has 1 amide bonds. The highest BCUT2D eigenvalue weighted by Crippen LogP contribution is 2.52. The van der Waals surface area contributed by atoms with Crippen molar-refractivity contribution in [1.29, 1.82) is 0 Å². The number of primary amides is 1. The van der Waals surface area contributed by atoms with Gasteiger partial charge in [0.1, 0.15) is 17.2 Å². The molecule has 19 heavy (non-hydrogen) atoms. The molecule has 6 heteroatoms. The summed E-state index contributed by atoms with van der Waals surface area (Å²) in [6, 6.07) is 3.58. The Morgan fingerprint density at radius 2 is 2.16 bits per heavy atom.